The van der Waals surface area contributed by atoms with Crippen LogP contribution in [0.3, 0.4) is 0 Å². The second-order valence-corrected chi connectivity index (χ2v) is 13.3. The van der Waals surface area contributed by atoms with Crippen LogP contribution in [-0.2, 0) is 16.6 Å². The Labute approximate surface area is 256 Å². The molecule has 1 saturated heterocycles. The number of anilines is 1. The Hall–Kier alpha value is -3.50. The van der Waals surface area contributed by atoms with E-state index in [1.165, 1.54) is 3.97 Å². The van der Waals surface area contributed by atoms with Gasteiger partial charge < -0.3 is 14.4 Å². The molecule has 5 rings (SSSR count). The molecule has 0 unspecified atom stereocenters. The number of methoxy groups -OCH3 is 1. The van der Waals surface area contributed by atoms with Crippen LogP contribution in [0.5, 0.6) is 11.5 Å². The van der Waals surface area contributed by atoms with Crippen molar-refractivity contribution >= 4 is 48.6 Å². The Morgan fingerprint density at radius 2 is 1.74 bits per heavy atom. The normalized spacial score (nSPS) is 14.0. The number of ether oxygens (including phenoxy) is 2. The van der Waals surface area contributed by atoms with E-state index >= 15 is 0 Å². The van der Waals surface area contributed by atoms with Crippen molar-refractivity contribution in [3.05, 3.63) is 82.5 Å². The first-order valence-electron chi connectivity index (χ1n) is 14.2. The van der Waals surface area contributed by atoms with Crippen LogP contribution in [0.15, 0.2) is 76.2 Å². The van der Waals surface area contributed by atoms with Gasteiger partial charge in [0.15, 0.2) is 11.5 Å². The fourth-order valence-electron chi connectivity index (χ4n) is 5.24. The fourth-order valence-corrected chi connectivity index (χ4v) is 6.97. The van der Waals surface area contributed by atoms with Crippen LogP contribution < -0.4 is 14.4 Å². The largest absolute Gasteiger partial charge is 0.493 e. The maximum absolute atomic E-state index is 13.8. The van der Waals surface area contributed by atoms with E-state index in [9.17, 15) is 13.2 Å². The maximum atomic E-state index is 13.8. The molecule has 222 valence electrons. The minimum atomic E-state index is -3.85. The highest BCUT2D eigenvalue weighted by molar-refractivity contribution is 9.10. The van der Waals surface area contributed by atoms with Crippen molar-refractivity contribution in [2.45, 2.75) is 51.0 Å². The van der Waals surface area contributed by atoms with Crippen molar-refractivity contribution in [3.8, 4) is 11.5 Å². The van der Waals surface area contributed by atoms with Crippen LogP contribution in [0.1, 0.15) is 43.7 Å². The van der Waals surface area contributed by atoms with Crippen molar-refractivity contribution in [3.63, 3.8) is 0 Å². The molecule has 0 spiro atoms. The predicted molar refractivity (Wildman–Crippen MR) is 169 cm³/mol. The van der Waals surface area contributed by atoms with E-state index in [0.717, 1.165) is 52.4 Å². The summed E-state index contributed by atoms with van der Waals surface area (Å²) in [7, 11) is -2.25. The Balaban J connectivity index is 1.43. The van der Waals surface area contributed by atoms with Crippen LogP contribution in [0.2, 0.25) is 0 Å². The van der Waals surface area contributed by atoms with E-state index in [4.69, 9.17) is 9.47 Å². The smallest absolute Gasteiger partial charge is 0.324 e. The standard InChI is InChI=1S/C32H36BrN3O5S/c1-4-5-6-18-41-31-20-26(11-15-30(31)40-3)35-17-7-16-34(32(35)37)21-24-22-36(29-19-25(33)10-14-28(24)29)42(38,39)27-12-8-23(2)9-13-27/h8-15,19-20,22H,4-7,16-18,21H2,1-3H3. The van der Waals surface area contributed by atoms with Gasteiger partial charge in [-0.2, -0.15) is 0 Å². The lowest BCUT2D eigenvalue weighted by atomic mass is 10.1. The van der Waals surface area contributed by atoms with Gasteiger partial charge in [0.1, 0.15) is 0 Å². The van der Waals surface area contributed by atoms with Gasteiger partial charge in [-0.15, -0.1) is 0 Å². The molecule has 10 heteroatoms. The molecule has 1 aliphatic rings. The SMILES string of the molecule is CCCCCOc1cc(N2CCCN(Cc3cn(S(=O)(=O)c4ccc(C)cc4)c4cc(Br)ccc34)C2=O)ccc1OC. The maximum Gasteiger partial charge on any atom is 0.324 e. The van der Waals surface area contributed by atoms with Crippen molar-refractivity contribution in [1.82, 2.24) is 8.87 Å². The number of benzene rings is 3. The van der Waals surface area contributed by atoms with Gasteiger partial charge in [-0.25, -0.2) is 17.2 Å². The Kier molecular flexibility index (Phi) is 9.13. The molecule has 0 aliphatic carbocycles. The molecule has 0 atom stereocenters. The number of hydrogen-bond donors (Lipinski definition) is 0. The van der Waals surface area contributed by atoms with E-state index in [-0.39, 0.29) is 17.5 Å². The summed E-state index contributed by atoms with van der Waals surface area (Å²) < 4.78 is 41.0. The topological polar surface area (TPSA) is 81.1 Å². The summed E-state index contributed by atoms with van der Waals surface area (Å²) in [5.41, 5.74) is 3.04. The quantitative estimate of drug-likeness (QED) is 0.158. The van der Waals surface area contributed by atoms with Crippen LogP contribution in [-0.4, -0.2) is 50.1 Å². The first-order chi connectivity index (χ1) is 20.2. The van der Waals surface area contributed by atoms with Gasteiger partial charge in [0.2, 0.25) is 0 Å². The number of carbonyl (C=O) groups excluding carboxylic acids is 1. The number of carbonyl (C=O) groups is 1. The zero-order valence-electron chi connectivity index (χ0n) is 24.2. The zero-order valence-corrected chi connectivity index (χ0v) is 26.6. The van der Waals surface area contributed by atoms with E-state index in [0.29, 0.717) is 36.7 Å². The van der Waals surface area contributed by atoms with Gasteiger partial charge in [-0.3, -0.25) is 4.90 Å². The summed E-state index contributed by atoms with van der Waals surface area (Å²) in [6.07, 6.45) is 5.56. The lowest BCUT2D eigenvalue weighted by Crippen LogP contribution is -2.49. The first kappa shape index (κ1) is 30.0. The first-order valence-corrected chi connectivity index (χ1v) is 16.4. The van der Waals surface area contributed by atoms with Gasteiger partial charge in [-0.1, -0.05) is 59.5 Å². The summed E-state index contributed by atoms with van der Waals surface area (Å²) in [6.45, 7) is 6.07. The molecular formula is C32H36BrN3O5S. The molecule has 1 fully saturated rings. The highest BCUT2D eigenvalue weighted by Gasteiger charge is 2.29. The number of aromatic nitrogens is 1. The lowest BCUT2D eigenvalue weighted by Gasteiger charge is -2.35. The van der Waals surface area contributed by atoms with Crippen molar-refractivity contribution < 1.29 is 22.7 Å². The average Bonchev–Trinajstić information content (AvgIpc) is 3.34. The van der Waals surface area contributed by atoms with Crippen molar-refractivity contribution in [2.75, 3.05) is 31.7 Å². The molecule has 1 aromatic heterocycles. The molecule has 0 bridgehead atoms. The highest BCUT2D eigenvalue weighted by Crippen LogP contribution is 2.34. The van der Waals surface area contributed by atoms with Crippen LogP contribution in [0, 0.1) is 6.92 Å². The molecule has 0 saturated carbocycles. The second-order valence-electron chi connectivity index (χ2n) is 10.5. The molecule has 1 aliphatic heterocycles. The van der Waals surface area contributed by atoms with Gasteiger partial charge in [0, 0.05) is 47.4 Å². The van der Waals surface area contributed by atoms with E-state index in [1.54, 1.807) is 53.4 Å². The van der Waals surface area contributed by atoms with Gasteiger partial charge >= 0.3 is 6.03 Å². The molecule has 4 aromatic rings. The molecule has 2 amide bonds. The minimum Gasteiger partial charge on any atom is -0.493 e. The predicted octanol–water partition coefficient (Wildman–Crippen LogP) is 7.36. The minimum absolute atomic E-state index is 0.136. The lowest BCUT2D eigenvalue weighted by molar-refractivity contribution is 0.192. The Bertz CT molecular complexity index is 1680. The van der Waals surface area contributed by atoms with Gasteiger partial charge in [0.25, 0.3) is 10.0 Å². The monoisotopic (exact) mass is 653 g/mol. The van der Waals surface area contributed by atoms with E-state index < -0.39 is 10.0 Å². The third-order valence-corrected chi connectivity index (χ3v) is 9.71. The van der Waals surface area contributed by atoms with Gasteiger partial charge in [-0.05, 0) is 61.7 Å². The number of unbranched alkanes of at least 4 members (excludes halogenated alkanes) is 2. The zero-order chi connectivity index (χ0) is 29.9. The number of aryl methyl sites for hydroxylation is 1. The number of hydrogen-bond acceptors (Lipinski definition) is 5. The van der Waals surface area contributed by atoms with E-state index in [2.05, 4.69) is 22.9 Å². The molecule has 3 aromatic carbocycles. The summed E-state index contributed by atoms with van der Waals surface area (Å²) in [5.74, 6) is 1.25. The average molecular weight is 655 g/mol. The second kappa shape index (κ2) is 12.8. The number of rotatable bonds is 11. The number of fused-ring (bicyclic) bond motifs is 1. The summed E-state index contributed by atoms with van der Waals surface area (Å²) in [6, 6.07) is 17.8. The summed E-state index contributed by atoms with van der Waals surface area (Å²) in [5, 5.41) is 0.783. The summed E-state index contributed by atoms with van der Waals surface area (Å²) in [4.78, 5) is 17.5. The number of urea groups is 1. The Morgan fingerprint density at radius 3 is 2.48 bits per heavy atom. The van der Waals surface area contributed by atoms with E-state index in [1.807, 2.05) is 37.3 Å². The van der Waals surface area contributed by atoms with Crippen LogP contribution >= 0.6 is 15.9 Å². The van der Waals surface area contributed by atoms with Crippen LogP contribution in [0.25, 0.3) is 10.9 Å². The third-order valence-electron chi connectivity index (χ3n) is 7.53. The number of amides is 2. The molecular weight excluding hydrogens is 618 g/mol. The number of nitrogens with zero attached hydrogens (tertiary/aromatic N) is 3. The molecule has 0 N–H and O–H groups in total. The molecule has 8 nitrogen and oxygen atoms in total. The van der Waals surface area contributed by atoms with Crippen molar-refractivity contribution in [2.24, 2.45) is 0 Å². The van der Waals surface area contributed by atoms with Gasteiger partial charge in [0.05, 0.1) is 24.1 Å². The Morgan fingerprint density at radius 1 is 0.952 bits per heavy atom. The summed E-state index contributed by atoms with van der Waals surface area (Å²) >= 11 is 3.49. The fraction of sp³-hybridized carbons (Fsp3) is 0.344. The van der Waals surface area contributed by atoms with Crippen LogP contribution in [0.4, 0.5) is 10.5 Å². The van der Waals surface area contributed by atoms with Crippen molar-refractivity contribution in [1.29, 1.82) is 0 Å². The number of halogens is 1. The molecule has 0 radical (unpaired) electrons. The molecule has 2 heterocycles. The highest BCUT2D eigenvalue weighted by atomic mass is 79.9. The third kappa shape index (κ3) is 6.15. The molecule has 42 heavy (non-hydrogen) atoms.